The van der Waals surface area contributed by atoms with Gasteiger partial charge < -0.3 is 4.90 Å². The Morgan fingerprint density at radius 2 is 1.96 bits per heavy atom. The third-order valence-electron chi connectivity index (χ3n) is 4.73. The van der Waals surface area contributed by atoms with E-state index in [1.165, 1.54) is 6.42 Å². The zero-order chi connectivity index (χ0) is 16.4. The fourth-order valence-corrected chi connectivity index (χ4v) is 3.49. The minimum Gasteiger partial charge on any atom is -0.336 e. The van der Waals surface area contributed by atoms with Crippen LogP contribution >= 0.6 is 0 Å². The molecule has 4 heteroatoms. The molecule has 0 unspecified atom stereocenters. The zero-order valence-electron chi connectivity index (χ0n) is 14.2. The molecule has 1 fully saturated rings. The molecule has 2 heterocycles. The van der Waals surface area contributed by atoms with Crippen LogP contribution < -0.4 is 0 Å². The van der Waals surface area contributed by atoms with Crippen LogP contribution in [0.2, 0.25) is 0 Å². The minimum atomic E-state index is 0.163. The van der Waals surface area contributed by atoms with Crippen molar-refractivity contribution in [1.29, 1.82) is 0 Å². The summed E-state index contributed by atoms with van der Waals surface area (Å²) in [7, 11) is 0. The number of carbonyl (C=O) groups is 1. The largest absolute Gasteiger partial charge is 0.336 e. The van der Waals surface area contributed by atoms with Crippen molar-refractivity contribution in [3.63, 3.8) is 0 Å². The summed E-state index contributed by atoms with van der Waals surface area (Å²) in [5, 5.41) is 4.49. The van der Waals surface area contributed by atoms with Gasteiger partial charge in [-0.1, -0.05) is 6.92 Å². The van der Waals surface area contributed by atoms with Crippen LogP contribution in [0.25, 0.3) is 5.69 Å². The number of rotatable bonds is 3. The first-order valence-corrected chi connectivity index (χ1v) is 8.55. The predicted octanol–water partition coefficient (Wildman–Crippen LogP) is 3.89. The molecule has 4 nitrogen and oxygen atoms in total. The van der Waals surface area contributed by atoms with E-state index in [0.29, 0.717) is 6.04 Å². The third kappa shape index (κ3) is 3.16. The van der Waals surface area contributed by atoms with Crippen LogP contribution in [0.5, 0.6) is 0 Å². The summed E-state index contributed by atoms with van der Waals surface area (Å²) >= 11 is 0. The van der Waals surface area contributed by atoms with Gasteiger partial charge in [-0.3, -0.25) is 4.79 Å². The molecule has 1 amide bonds. The summed E-state index contributed by atoms with van der Waals surface area (Å²) in [5.74, 6) is 0.163. The van der Waals surface area contributed by atoms with Crippen molar-refractivity contribution in [2.24, 2.45) is 0 Å². The SMILES string of the molecule is CC[C@H]1CCCCN1C(=O)c1ccc(-n2nc(C)cc2C)cc1. The molecular weight excluding hydrogens is 286 g/mol. The van der Waals surface area contributed by atoms with E-state index in [-0.39, 0.29) is 5.91 Å². The molecule has 1 aliphatic rings. The monoisotopic (exact) mass is 311 g/mol. The molecule has 1 aliphatic heterocycles. The quantitative estimate of drug-likeness (QED) is 0.862. The summed E-state index contributed by atoms with van der Waals surface area (Å²) in [5.41, 5.74) is 3.87. The van der Waals surface area contributed by atoms with Crippen LogP contribution in [0, 0.1) is 13.8 Å². The first-order valence-electron chi connectivity index (χ1n) is 8.55. The number of nitrogens with zero attached hydrogens (tertiary/aromatic N) is 3. The second-order valence-electron chi connectivity index (χ2n) is 6.44. The molecule has 0 saturated carbocycles. The van der Waals surface area contributed by atoms with E-state index in [9.17, 15) is 4.79 Å². The lowest BCUT2D eigenvalue weighted by Crippen LogP contribution is -2.43. The fourth-order valence-electron chi connectivity index (χ4n) is 3.49. The number of amides is 1. The van der Waals surface area contributed by atoms with Crippen molar-refractivity contribution in [3.8, 4) is 5.69 Å². The Bertz CT molecular complexity index is 687. The van der Waals surface area contributed by atoms with Gasteiger partial charge in [-0.25, -0.2) is 4.68 Å². The second kappa shape index (κ2) is 6.57. The van der Waals surface area contributed by atoms with E-state index < -0.39 is 0 Å². The minimum absolute atomic E-state index is 0.163. The van der Waals surface area contributed by atoms with Gasteiger partial charge in [-0.15, -0.1) is 0 Å². The molecular formula is C19H25N3O. The maximum atomic E-state index is 12.8. The van der Waals surface area contributed by atoms with E-state index in [0.717, 1.165) is 48.4 Å². The van der Waals surface area contributed by atoms with Gasteiger partial charge in [0.15, 0.2) is 0 Å². The lowest BCUT2D eigenvalue weighted by molar-refractivity contribution is 0.0608. The summed E-state index contributed by atoms with van der Waals surface area (Å²) < 4.78 is 1.92. The van der Waals surface area contributed by atoms with Gasteiger partial charge in [0.25, 0.3) is 5.91 Å². The Hall–Kier alpha value is -2.10. The number of aromatic nitrogens is 2. The van der Waals surface area contributed by atoms with Crippen LogP contribution in [0.1, 0.15) is 54.4 Å². The Morgan fingerprint density at radius 1 is 1.22 bits per heavy atom. The van der Waals surface area contributed by atoms with Crippen LogP contribution in [-0.2, 0) is 0 Å². The molecule has 1 atom stereocenters. The average Bonchev–Trinajstić information content (AvgIpc) is 2.92. The Balaban J connectivity index is 1.81. The molecule has 3 rings (SSSR count). The van der Waals surface area contributed by atoms with Gasteiger partial charge in [0.05, 0.1) is 11.4 Å². The number of hydrogen-bond acceptors (Lipinski definition) is 2. The predicted molar refractivity (Wildman–Crippen MR) is 92.0 cm³/mol. The van der Waals surface area contributed by atoms with Crippen molar-refractivity contribution in [2.75, 3.05) is 6.54 Å². The zero-order valence-corrected chi connectivity index (χ0v) is 14.2. The summed E-state index contributed by atoms with van der Waals surface area (Å²) in [4.78, 5) is 14.8. The van der Waals surface area contributed by atoms with Crippen molar-refractivity contribution >= 4 is 5.91 Å². The maximum absolute atomic E-state index is 12.8. The molecule has 0 radical (unpaired) electrons. The first kappa shape index (κ1) is 15.8. The van der Waals surface area contributed by atoms with Crippen LogP contribution in [0.4, 0.5) is 0 Å². The summed E-state index contributed by atoms with van der Waals surface area (Å²) in [6.45, 7) is 7.08. The Morgan fingerprint density at radius 3 is 2.57 bits per heavy atom. The molecule has 23 heavy (non-hydrogen) atoms. The molecule has 1 aromatic carbocycles. The molecule has 0 aliphatic carbocycles. The van der Waals surface area contributed by atoms with Crippen molar-refractivity contribution in [2.45, 2.75) is 52.5 Å². The molecule has 0 bridgehead atoms. The summed E-state index contributed by atoms with van der Waals surface area (Å²) in [6.07, 6.45) is 4.52. The van der Waals surface area contributed by atoms with Gasteiger partial charge in [-0.05, 0) is 69.9 Å². The van der Waals surface area contributed by atoms with Gasteiger partial charge in [0.1, 0.15) is 0 Å². The lowest BCUT2D eigenvalue weighted by Gasteiger charge is -2.35. The number of hydrogen-bond donors (Lipinski definition) is 0. The molecule has 1 saturated heterocycles. The van der Waals surface area contributed by atoms with Crippen molar-refractivity contribution in [3.05, 3.63) is 47.3 Å². The Labute approximate surface area is 138 Å². The highest BCUT2D eigenvalue weighted by Crippen LogP contribution is 2.22. The van der Waals surface area contributed by atoms with Gasteiger partial charge >= 0.3 is 0 Å². The fraction of sp³-hybridized carbons (Fsp3) is 0.474. The number of benzene rings is 1. The highest BCUT2D eigenvalue weighted by Gasteiger charge is 2.26. The first-order chi connectivity index (χ1) is 11.1. The number of likely N-dealkylation sites (tertiary alicyclic amines) is 1. The number of aryl methyl sites for hydroxylation is 2. The average molecular weight is 311 g/mol. The van der Waals surface area contributed by atoms with E-state index in [1.807, 2.05) is 42.8 Å². The van der Waals surface area contributed by atoms with E-state index in [2.05, 4.69) is 23.0 Å². The Kier molecular flexibility index (Phi) is 4.51. The normalized spacial score (nSPS) is 18.2. The smallest absolute Gasteiger partial charge is 0.254 e. The van der Waals surface area contributed by atoms with Crippen LogP contribution in [0.3, 0.4) is 0 Å². The van der Waals surface area contributed by atoms with Crippen LogP contribution in [-0.4, -0.2) is 33.2 Å². The van der Waals surface area contributed by atoms with Gasteiger partial charge in [-0.2, -0.15) is 5.10 Å². The molecule has 1 aromatic heterocycles. The second-order valence-corrected chi connectivity index (χ2v) is 6.44. The van der Waals surface area contributed by atoms with E-state index in [4.69, 9.17) is 0 Å². The standard InChI is InChI=1S/C19H25N3O/c1-4-17-7-5-6-12-21(17)19(23)16-8-10-18(11-9-16)22-15(3)13-14(2)20-22/h8-11,13,17H,4-7,12H2,1-3H3/t17-/m0/s1. The van der Waals surface area contributed by atoms with Crippen molar-refractivity contribution in [1.82, 2.24) is 14.7 Å². The molecule has 0 spiro atoms. The molecule has 122 valence electrons. The highest BCUT2D eigenvalue weighted by molar-refractivity contribution is 5.94. The highest BCUT2D eigenvalue weighted by atomic mass is 16.2. The third-order valence-corrected chi connectivity index (χ3v) is 4.73. The maximum Gasteiger partial charge on any atom is 0.254 e. The van der Waals surface area contributed by atoms with Gasteiger partial charge in [0.2, 0.25) is 0 Å². The number of carbonyl (C=O) groups excluding carboxylic acids is 1. The number of piperidine rings is 1. The lowest BCUT2D eigenvalue weighted by atomic mass is 9.99. The summed E-state index contributed by atoms with van der Waals surface area (Å²) in [6, 6.07) is 10.3. The van der Waals surface area contributed by atoms with Crippen LogP contribution in [0.15, 0.2) is 30.3 Å². The molecule has 2 aromatic rings. The molecule has 0 N–H and O–H groups in total. The van der Waals surface area contributed by atoms with Gasteiger partial charge in [0, 0.05) is 23.8 Å². The van der Waals surface area contributed by atoms with Crippen molar-refractivity contribution < 1.29 is 4.79 Å². The topological polar surface area (TPSA) is 38.1 Å². The van der Waals surface area contributed by atoms with E-state index in [1.54, 1.807) is 0 Å². The van der Waals surface area contributed by atoms with E-state index >= 15 is 0 Å².